The molecule has 230 valence electrons. The number of nitrogens with one attached hydrogen (secondary N) is 1. The van der Waals surface area contributed by atoms with E-state index >= 15 is 0 Å². The van der Waals surface area contributed by atoms with Gasteiger partial charge < -0.3 is 20.1 Å². The summed E-state index contributed by atoms with van der Waals surface area (Å²) in [6, 6.07) is 16.0. The summed E-state index contributed by atoms with van der Waals surface area (Å²) in [5.41, 5.74) is 3.81. The smallest absolute Gasteiger partial charge is 0.407 e. The zero-order valence-corrected chi connectivity index (χ0v) is 25.5. The van der Waals surface area contributed by atoms with E-state index in [-0.39, 0.29) is 23.8 Å². The van der Waals surface area contributed by atoms with Gasteiger partial charge in [-0.15, -0.1) is 0 Å². The molecule has 1 unspecified atom stereocenters. The largest absolute Gasteiger partial charge is 0.441 e. The maximum Gasteiger partial charge on any atom is 0.407 e. The summed E-state index contributed by atoms with van der Waals surface area (Å²) in [5.74, 6) is 6.90. The Bertz CT molecular complexity index is 1300. The molecule has 2 aliphatic rings. The number of amides is 2. The van der Waals surface area contributed by atoms with E-state index in [2.05, 4.69) is 24.1 Å². The number of likely N-dealkylation sites (tertiary alicyclic amines) is 1. The molecule has 2 aromatic carbocycles. The predicted octanol–water partition coefficient (Wildman–Crippen LogP) is 6.25. The lowest BCUT2D eigenvalue weighted by atomic mass is 9.92. The van der Waals surface area contributed by atoms with Crippen molar-refractivity contribution in [2.45, 2.75) is 109 Å². The fourth-order valence-corrected chi connectivity index (χ4v) is 6.05. The highest BCUT2D eigenvalue weighted by Gasteiger charge is 2.32. The number of unbranched alkanes of at least 4 members (excludes halogenated alkanes) is 5. The summed E-state index contributed by atoms with van der Waals surface area (Å²) < 4.78 is 5.88. The number of Topliss-reactive ketones (excluding diaryl/α,β-unsaturated/α-hetero) is 1. The quantitative estimate of drug-likeness (QED) is 0.190. The number of hydrogen-bond donors (Lipinski definition) is 2. The van der Waals surface area contributed by atoms with Gasteiger partial charge in [-0.05, 0) is 56.2 Å². The molecule has 1 saturated heterocycles. The lowest BCUT2D eigenvalue weighted by Crippen LogP contribution is -2.35. The minimum atomic E-state index is -0.438. The van der Waals surface area contributed by atoms with Gasteiger partial charge in [-0.25, -0.2) is 4.79 Å². The molecule has 1 heterocycles. The molecule has 2 aromatic rings. The van der Waals surface area contributed by atoms with Crippen molar-refractivity contribution in [2.24, 2.45) is 0 Å². The van der Waals surface area contributed by atoms with E-state index in [1.54, 1.807) is 0 Å². The van der Waals surface area contributed by atoms with Gasteiger partial charge in [0, 0.05) is 61.5 Å². The number of fused-ring (bicyclic) bond motifs is 2. The van der Waals surface area contributed by atoms with Crippen LogP contribution in [0.25, 0.3) is 0 Å². The Balaban J connectivity index is 1.05. The van der Waals surface area contributed by atoms with Gasteiger partial charge >= 0.3 is 6.09 Å². The first-order chi connectivity index (χ1) is 20.9. The molecule has 1 aliphatic carbocycles. The van der Waals surface area contributed by atoms with Crippen molar-refractivity contribution in [1.82, 2.24) is 10.2 Å². The second kappa shape index (κ2) is 16.9. The number of aliphatic hydroxyl groups excluding tert-OH is 1. The van der Waals surface area contributed by atoms with E-state index < -0.39 is 12.2 Å². The first-order valence-electron chi connectivity index (χ1n) is 16.1. The van der Waals surface area contributed by atoms with Crippen LogP contribution < -0.4 is 5.32 Å². The average molecular weight is 587 g/mol. The molecule has 4 rings (SSSR count). The molecule has 2 N–H and O–H groups in total. The highest BCUT2D eigenvalue weighted by atomic mass is 16.6. The van der Waals surface area contributed by atoms with Crippen LogP contribution in [0.2, 0.25) is 0 Å². The van der Waals surface area contributed by atoms with Crippen molar-refractivity contribution in [3.05, 3.63) is 70.8 Å². The van der Waals surface area contributed by atoms with Gasteiger partial charge in [-0.3, -0.25) is 9.59 Å². The summed E-state index contributed by atoms with van der Waals surface area (Å²) in [6.07, 6.45) is 8.65. The Morgan fingerprint density at radius 1 is 0.884 bits per heavy atom. The molecule has 0 radical (unpaired) electrons. The van der Waals surface area contributed by atoms with Crippen molar-refractivity contribution in [3.8, 4) is 11.8 Å². The van der Waals surface area contributed by atoms with Crippen molar-refractivity contribution in [3.63, 3.8) is 0 Å². The minimum absolute atomic E-state index is 0.146. The number of ketones is 1. The molecule has 0 bridgehead atoms. The number of benzene rings is 2. The van der Waals surface area contributed by atoms with Crippen LogP contribution in [-0.4, -0.2) is 53.0 Å². The van der Waals surface area contributed by atoms with Crippen LogP contribution in [0, 0.1) is 11.8 Å². The summed E-state index contributed by atoms with van der Waals surface area (Å²) in [4.78, 5) is 39.2. The number of ether oxygens (including phenoxy) is 1. The summed E-state index contributed by atoms with van der Waals surface area (Å²) in [5, 5.41) is 12.7. The molecule has 1 fully saturated rings. The number of carbonyl (C=O) groups is 3. The van der Waals surface area contributed by atoms with Gasteiger partial charge in [0.1, 0.15) is 11.9 Å². The summed E-state index contributed by atoms with van der Waals surface area (Å²) in [6.45, 7) is 3.03. The zero-order chi connectivity index (χ0) is 30.4. The molecule has 43 heavy (non-hydrogen) atoms. The van der Waals surface area contributed by atoms with Crippen LogP contribution in [0.3, 0.4) is 0 Å². The van der Waals surface area contributed by atoms with Gasteiger partial charge in [-0.2, -0.15) is 0 Å². The van der Waals surface area contributed by atoms with E-state index in [0.29, 0.717) is 45.2 Å². The Morgan fingerprint density at radius 3 is 2.30 bits per heavy atom. The fourth-order valence-electron chi connectivity index (χ4n) is 6.05. The number of rotatable bonds is 15. The normalized spacial score (nSPS) is 18.8. The minimum Gasteiger partial charge on any atom is -0.441 e. The molecule has 0 spiro atoms. The van der Waals surface area contributed by atoms with Crippen LogP contribution in [0.4, 0.5) is 4.79 Å². The van der Waals surface area contributed by atoms with Crippen molar-refractivity contribution >= 4 is 17.8 Å². The fraction of sp³-hybridized carbons (Fsp3) is 0.528. The Morgan fingerprint density at radius 2 is 1.53 bits per heavy atom. The third-order valence-electron chi connectivity index (χ3n) is 8.49. The Labute approximate surface area is 256 Å². The molecular formula is C36H46N2O5. The monoisotopic (exact) mass is 586 g/mol. The van der Waals surface area contributed by atoms with Crippen molar-refractivity contribution in [1.29, 1.82) is 0 Å². The van der Waals surface area contributed by atoms with Gasteiger partial charge in [-0.1, -0.05) is 74.4 Å². The lowest BCUT2D eigenvalue weighted by Gasteiger charge is -2.23. The molecule has 3 atom stereocenters. The topological polar surface area (TPSA) is 95.9 Å². The van der Waals surface area contributed by atoms with Gasteiger partial charge in [0.15, 0.2) is 0 Å². The van der Waals surface area contributed by atoms with Crippen LogP contribution in [0.15, 0.2) is 48.5 Å². The standard InChI is InChI=1S/C36H46N2O5/c1-2-30-25-32(40)26-38(30)35(41)20-8-4-3-6-17-31(39)18-7-5-13-23-37-36(42)43-34-24-29-16-10-9-14-27(29)21-22-28-15-11-12-19-33(28)34/h9-12,14-16,19,30,32,34,40H,2-8,13,17-18,20,23-26H2,1H3,(H,37,42)/t30-,32-,34?/m1/s1. The second-order valence-corrected chi connectivity index (χ2v) is 11.8. The first-order valence-corrected chi connectivity index (χ1v) is 16.1. The highest BCUT2D eigenvalue weighted by Crippen LogP contribution is 2.28. The van der Waals surface area contributed by atoms with Gasteiger partial charge in [0.05, 0.1) is 6.10 Å². The highest BCUT2D eigenvalue weighted by molar-refractivity contribution is 5.78. The average Bonchev–Trinajstić information content (AvgIpc) is 3.39. The summed E-state index contributed by atoms with van der Waals surface area (Å²) in [7, 11) is 0. The number of aliphatic hydroxyl groups is 1. The lowest BCUT2D eigenvalue weighted by molar-refractivity contribution is -0.132. The van der Waals surface area contributed by atoms with E-state index in [1.165, 1.54) is 0 Å². The molecule has 7 nitrogen and oxygen atoms in total. The number of carbonyl (C=O) groups excluding carboxylic acids is 3. The maximum absolute atomic E-state index is 12.7. The van der Waals surface area contributed by atoms with E-state index in [9.17, 15) is 19.5 Å². The molecule has 1 aliphatic heterocycles. The van der Waals surface area contributed by atoms with Gasteiger partial charge in [0.2, 0.25) is 5.91 Å². The van der Waals surface area contributed by atoms with Crippen LogP contribution in [0.1, 0.15) is 112 Å². The summed E-state index contributed by atoms with van der Waals surface area (Å²) >= 11 is 0. The molecule has 0 aromatic heterocycles. The van der Waals surface area contributed by atoms with E-state index in [4.69, 9.17) is 4.74 Å². The zero-order valence-electron chi connectivity index (χ0n) is 25.5. The number of nitrogens with zero attached hydrogens (tertiary/aromatic N) is 1. The van der Waals surface area contributed by atoms with Gasteiger partial charge in [0.25, 0.3) is 0 Å². The molecular weight excluding hydrogens is 540 g/mol. The van der Waals surface area contributed by atoms with Crippen molar-refractivity contribution in [2.75, 3.05) is 13.1 Å². The number of β-amino-alcohol motifs (C(OH)–C–C–N with tert-alkyl or cyclic N) is 1. The number of hydrogen-bond acceptors (Lipinski definition) is 5. The van der Waals surface area contributed by atoms with Crippen LogP contribution in [-0.2, 0) is 20.7 Å². The maximum atomic E-state index is 12.7. The molecule has 7 heteroatoms. The SMILES string of the molecule is CC[C@@H]1C[C@@H](O)CN1C(=O)CCCCCCC(=O)CCCCCNC(=O)OC1Cc2ccccc2C#Cc2ccccc21. The third kappa shape index (κ3) is 9.96. The Kier molecular flexibility index (Phi) is 12.7. The molecule has 2 amide bonds. The van der Waals surface area contributed by atoms with Crippen LogP contribution >= 0.6 is 0 Å². The number of alkyl carbamates (subject to hydrolysis) is 1. The predicted molar refractivity (Wildman–Crippen MR) is 167 cm³/mol. The molecule has 0 saturated carbocycles. The van der Waals surface area contributed by atoms with E-state index in [1.807, 2.05) is 53.4 Å². The second-order valence-electron chi connectivity index (χ2n) is 11.8. The van der Waals surface area contributed by atoms with Crippen molar-refractivity contribution < 1.29 is 24.2 Å². The van der Waals surface area contributed by atoms with Crippen LogP contribution in [0.5, 0.6) is 0 Å². The van der Waals surface area contributed by atoms with E-state index in [0.717, 1.165) is 73.6 Å². The first kappa shape index (κ1) is 32.3. The Hall–Kier alpha value is -3.63. The third-order valence-corrected chi connectivity index (χ3v) is 8.49.